The Morgan fingerprint density at radius 2 is 1.73 bits per heavy atom. The van der Waals surface area contributed by atoms with Gasteiger partial charge in [0, 0.05) is 29.8 Å². The molecule has 0 aliphatic rings. The van der Waals surface area contributed by atoms with Crippen LogP contribution in [0.25, 0.3) is 11.2 Å². The molecular formula is C25H31CaN11O8. The number of aliphatic imine (C=N–C) groups is 1. The van der Waals surface area contributed by atoms with Crippen LogP contribution in [0.4, 0.5) is 11.6 Å². The van der Waals surface area contributed by atoms with Crippen LogP contribution in [0.1, 0.15) is 41.7 Å². The second-order valence-corrected chi connectivity index (χ2v) is 9.06. The van der Waals surface area contributed by atoms with Crippen LogP contribution in [0.3, 0.4) is 0 Å². The van der Waals surface area contributed by atoms with E-state index in [1.165, 1.54) is 18.3 Å². The monoisotopic (exact) mass is 653 g/mol. The average Bonchev–Trinajstić information content (AvgIpc) is 2.96. The molecule has 19 nitrogen and oxygen atoms in total. The van der Waals surface area contributed by atoms with E-state index in [1.54, 1.807) is 12.1 Å². The molecule has 0 bridgehead atoms. The van der Waals surface area contributed by atoms with Crippen LogP contribution in [0.5, 0.6) is 0 Å². The first kappa shape index (κ1) is 38.4. The van der Waals surface area contributed by atoms with Gasteiger partial charge in [0.25, 0.3) is 11.5 Å². The van der Waals surface area contributed by atoms with Crippen molar-refractivity contribution in [3.05, 3.63) is 52.1 Å². The van der Waals surface area contributed by atoms with Crippen LogP contribution in [0.2, 0.25) is 0 Å². The third-order valence-corrected chi connectivity index (χ3v) is 5.62. The summed E-state index contributed by atoms with van der Waals surface area (Å²) in [6.45, 7) is 0.617. The van der Waals surface area contributed by atoms with Crippen LogP contribution in [-0.4, -0.2) is 111 Å². The number of nitrogens with one attached hydrogen (secondary N) is 3. The molecule has 0 saturated heterocycles. The molecule has 2 heterocycles. The van der Waals surface area contributed by atoms with Crippen LogP contribution in [0, 0.1) is 0 Å². The van der Waals surface area contributed by atoms with Gasteiger partial charge < -0.3 is 58.5 Å². The minimum Gasteiger partial charge on any atom is -0.550 e. The first-order valence-electron chi connectivity index (χ1n) is 12.9. The number of guanidine groups is 1. The number of aliphatic carboxylic acids is 3. The fraction of sp³-hybridized carbons (Fsp3) is 0.320. The number of nitrogen functional groups attached to an aromatic ring is 1. The Labute approximate surface area is 284 Å². The van der Waals surface area contributed by atoms with Crippen molar-refractivity contribution < 1.29 is 34.5 Å². The maximum atomic E-state index is 12.3. The SMILES string of the molecule is NC(N)=NCCC[C@H](N)C(=O)[O-].Nc1nc2ncc(CNc3ccc(C(=O)N[C@@H](CCC(=O)[O-])C(=O)O)cc3)nc2c(=O)[nH]1.[Ca+2]. The molecule has 236 valence electrons. The first-order chi connectivity index (χ1) is 20.8. The Kier molecular flexibility index (Phi) is 16.2. The van der Waals surface area contributed by atoms with E-state index in [4.69, 9.17) is 28.0 Å². The maximum absolute atomic E-state index is 12.3. The molecule has 12 N–H and O–H groups in total. The summed E-state index contributed by atoms with van der Waals surface area (Å²) >= 11 is 0. The van der Waals surface area contributed by atoms with Gasteiger partial charge in [0.05, 0.1) is 24.4 Å². The molecule has 45 heavy (non-hydrogen) atoms. The number of amides is 1. The minimum atomic E-state index is -1.40. The first-order valence-corrected chi connectivity index (χ1v) is 12.9. The second kappa shape index (κ2) is 18.9. The van der Waals surface area contributed by atoms with E-state index in [0.29, 0.717) is 30.8 Å². The number of hydrogen-bond donors (Lipinski definition) is 8. The molecular weight excluding hydrogens is 622 g/mol. The van der Waals surface area contributed by atoms with E-state index in [-0.39, 0.29) is 79.3 Å². The van der Waals surface area contributed by atoms with E-state index in [9.17, 15) is 34.2 Å². The smallest absolute Gasteiger partial charge is 0.550 e. The van der Waals surface area contributed by atoms with Gasteiger partial charge in [-0.1, -0.05) is 0 Å². The van der Waals surface area contributed by atoms with E-state index in [2.05, 4.69) is 35.6 Å². The van der Waals surface area contributed by atoms with Gasteiger partial charge >= 0.3 is 43.7 Å². The van der Waals surface area contributed by atoms with Crippen molar-refractivity contribution in [1.82, 2.24) is 25.3 Å². The molecule has 0 radical (unpaired) electrons. The largest absolute Gasteiger partial charge is 2.00 e. The summed E-state index contributed by atoms with van der Waals surface area (Å²) in [4.78, 5) is 74.2. The fourth-order valence-electron chi connectivity index (χ4n) is 3.39. The number of carboxylic acid groups (broad SMARTS) is 3. The Morgan fingerprint density at radius 1 is 1.07 bits per heavy atom. The number of rotatable bonds is 14. The van der Waals surface area contributed by atoms with Crippen LogP contribution in [0.15, 0.2) is 40.2 Å². The zero-order valence-electron chi connectivity index (χ0n) is 23.9. The van der Waals surface area contributed by atoms with Crippen molar-refractivity contribution >= 4 is 90.3 Å². The van der Waals surface area contributed by atoms with E-state index in [1.807, 2.05) is 0 Å². The minimum absolute atomic E-state index is 0. The fourth-order valence-corrected chi connectivity index (χ4v) is 3.39. The average molecular weight is 654 g/mol. The van der Waals surface area contributed by atoms with Crippen molar-refractivity contribution in [3.63, 3.8) is 0 Å². The number of nitrogens with zero attached hydrogens (tertiary/aromatic N) is 4. The van der Waals surface area contributed by atoms with Gasteiger partial charge in [-0.3, -0.25) is 19.6 Å². The summed E-state index contributed by atoms with van der Waals surface area (Å²) in [6, 6.07) is 3.85. The van der Waals surface area contributed by atoms with Crippen molar-refractivity contribution in [2.75, 3.05) is 17.6 Å². The number of anilines is 2. The number of carbonyl (C=O) groups excluding carboxylic acids is 3. The molecule has 2 atom stereocenters. The van der Waals surface area contributed by atoms with Gasteiger partial charge in [0.1, 0.15) is 6.04 Å². The zero-order valence-corrected chi connectivity index (χ0v) is 26.1. The predicted octanol–water partition coefficient (Wildman–Crippen LogP) is -4.64. The third-order valence-electron chi connectivity index (χ3n) is 5.62. The standard InChI is InChI=1S/C19H19N7O6.C6H14N4O2.Ca/c20-19-25-15-14(17(30)26-19)23-11(8-22-15)7-21-10-3-1-9(2-4-10)16(29)24-12(18(31)32)5-6-13(27)28;7-4(5(11)12)2-1-3-10-6(8)9;/h1-4,8,12,21H,5-7H2,(H,24,29)(H,27,28)(H,31,32)(H3,20,22,25,26,30);4H,1-3,7H2,(H,11,12)(H4,8,9,10);/q;;+2/p-2/t12-;4-;/m00./s1. The molecule has 0 aliphatic heterocycles. The Balaban J connectivity index is 0.000000663. The number of carbonyl (C=O) groups is 4. The van der Waals surface area contributed by atoms with Gasteiger partial charge in [0.2, 0.25) is 5.95 Å². The number of aromatic nitrogens is 4. The van der Waals surface area contributed by atoms with Crippen molar-refractivity contribution in [2.45, 2.75) is 44.3 Å². The maximum Gasteiger partial charge on any atom is 2.00 e. The number of nitrogens with two attached hydrogens (primary N) is 4. The molecule has 0 aliphatic carbocycles. The number of hydrogen-bond acceptors (Lipinski definition) is 14. The normalized spacial score (nSPS) is 11.5. The molecule has 0 saturated carbocycles. The number of H-pyrrole nitrogens is 1. The molecule has 0 spiro atoms. The number of fused-ring (bicyclic) bond motifs is 1. The Hall–Kier alpha value is -4.59. The molecule has 0 fully saturated rings. The van der Waals surface area contributed by atoms with Gasteiger partial charge in [-0.05, 0) is 49.9 Å². The van der Waals surface area contributed by atoms with Crippen LogP contribution >= 0.6 is 0 Å². The van der Waals surface area contributed by atoms with Gasteiger partial charge in [-0.15, -0.1) is 0 Å². The van der Waals surface area contributed by atoms with E-state index in [0.717, 1.165) is 0 Å². The predicted molar refractivity (Wildman–Crippen MR) is 158 cm³/mol. The molecule has 2 aromatic heterocycles. The number of aromatic amines is 1. The molecule has 1 aromatic carbocycles. The van der Waals surface area contributed by atoms with Gasteiger partial charge in [0.15, 0.2) is 17.1 Å². The van der Waals surface area contributed by atoms with E-state index >= 15 is 0 Å². The van der Waals surface area contributed by atoms with Gasteiger partial charge in [-0.2, -0.15) is 4.98 Å². The van der Waals surface area contributed by atoms with Crippen molar-refractivity contribution in [3.8, 4) is 0 Å². The number of carboxylic acids is 3. The summed E-state index contributed by atoms with van der Waals surface area (Å²) in [5, 5.41) is 35.1. The summed E-state index contributed by atoms with van der Waals surface area (Å²) in [5.74, 6) is -4.71. The Morgan fingerprint density at radius 3 is 2.31 bits per heavy atom. The van der Waals surface area contributed by atoms with E-state index < -0.39 is 47.9 Å². The van der Waals surface area contributed by atoms with Crippen molar-refractivity contribution in [1.29, 1.82) is 0 Å². The summed E-state index contributed by atoms with van der Waals surface area (Å²) < 4.78 is 0. The summed E-state index contributed by atoms with van der Waals surface area (Å²) in [5.41, 5.74) is 21.7. The summed E-state index contributed by atoms with van der Waals surface area (Å²) in [7, 11) is 0. The quantitative estimate of drug-likeness (QED) is 0.0351. The molecule has 3 rings (SSSR count). The third kappa shape index (κ3) is 13.7. The molecule has 20 heteroatoms. The molecule has 0 unspecified atom stereocenters. The Bertz CT molecular complexity index is 1560. The molecule has 3 aromatic rings. The summed E-state index contributed by atoms with van der Waals surface area (Å²) in [6.07, 6.45) is 1.52. The van der Waals surface area contributed by atoms with Crippen LogP contribution < -0.4 is 49.3 Å². The topological polar surface area (TPSA) is 347 Å². The zero-order chi connectivity index (χ0) is 32.8. The van der Waals surface area contributed by atoms with Crippen LogP contribution in [-0.2, 0) is 20.9 Å². The number of benzene rings is 1. The van der Waals surface area contributed by atoms with Gasteiger partial charge in [-0.25, -0.2) is 14.8 Å². The van der Waals surface area contributed by atoms with Crippen molar-refractivity contribution in [2.24, 2.45) is 22.2 Å². The second-order valence-electron chi connectivity index (χ2n) is 9.06. The molecule has 1 amide bonds.